The summed E-state index contributed by atoms with van der Waals surface area (Å²) in [6.07, 6.45) is 4.34. The molecule has 3 rings (SSSR count). The molecular weight excluding hydrogens is 386 g/mol. The maximum absolute atomic E-state index is 13.0. The third-order valence-corrected chi connectivity index (χ3v) is 6.15. The normalized spacial score (nSPS) is 17.1. The van der Waals surface area contributed by atoms with Gasteiger partial charge in [-0.05, 0) is 51.2 Å². The number of rotatable bonds is 10. The van der Waals surface area contributed by atoms with Crippen LogP contribution in [-0.2, 0) is 14.3 Å². The fraction of sp³-hybridized carbons (Fsp3) is 0.682. The molecule has 2 aliphatic rings. The van der Waals surface area contributed by atoms with Crippen LogP contribution < -0.4 is 15.0 Å². The van der Waals surface area contributed by atoms with Gasteiger partial charge in [0, 0.05) is 20.2 Å². The Balaban J connectivity index is 1.81. The summed E-state index contributed by atoms with van der Waals surface area (Å²) in [5, 5.41) is 2.87. The number of aromatic nitrogens is 1. The zero-order valence-electron chi connectivity index (χ0n) is 18.4. The molecule has 0 unspecified atom stereocenters. The molecule has 2 heterocycles. The first-order valence-corrected chi connectivity index (χ1v) is 10.9. The molecule has 0 aromatic carbocycles. The highest BCUT2D eigenvalue weighted by Crippen LogP contribution is 2.34. The van der Waals surface area contributed by atoms with Gasteiger partial charge >= 0.3 is 5.97 Å². The van der Waals surface area contributed by atoms with Crippen LogP contribution in [0.15, 0.2) is 12.1 Å². The van der Waals surface area contributed by atoms with Gasteiger partial charge in [-0.2, -0.15) is 0 Å². The molecule has 0 atom stereocenters. The SMILES string of the molecule is CCOC(=O)C(CC)(CC)NC(=O)c1ccc(N2CC(OC)C2)c(OC2CCC2)n1. The molecule has 1 aromatic rings. The van der Waals surface area contributed by atoms with E-state index < -0.39 is 17.4 Å². The van der Waals surface area contributed by atoms with Crippen molar-refractivity contribution in [2.75, 3.05) is 31.7 Å². The minimum absolute atomic E-state index is 0.138. The third kappa shape index (κ3) is 4.53. The average Bonchev–Trinajstić information content (AvgIpc) is 2.68. The Kier molecular flexibility index (Phi) is 7.18. The summed E-state index contributed by atoms with van der Waals surface area (Å²) < 4.78 is 16.7. The number of hydrogen-bond acceptors (Lipinski definition) is 7. The molecule has 0 bridgehead atoms. The molecule has 1 saturated carbocycles. The number of nitrogens with zero attached hydrogens (tertiary/aromatic N) is 2. The quantitative estimate of drug-likeness (QED) is 0.583. The molecule has 8 heteroatoms. The molecule has 1 aromatic heterocycles. The first kappa shape index (κ1) is 22.3. The lowest BCUT2D eigenvalue weighted by Crippen LogP contribution is -2.54. The monoisotopic (exact) mass is 419 g/mol. The summed E-state index contributed by atoms with van der Waals surface area (Å²) >= 11 is 0. The molecule has 1 aliphatic heterocycles. The number of carbonyl (C=O) groups excluding carboxylic acids is 2. The van der Waals surface area contributed by atoms with Crippen molar-refractivity contribution >= 4 is 17.6 Å². The summed E-state index contributed by atoms with van der Waals surface area (Å²) in [6, 6.07) is 3.55. The predicted molar refractivity (Wildman–Crippen MR) is 113 cm³/mol. The Bertz CT molecular complexity index is 755. The van der Waals surface area contributed by atoms with Crippen LogP contribution in [-0.4, -0.2) is 61.4 Å². The van der Waals surface area contributed by atoms with E-state index in [4.69, 9.17) is 14.2 Å². The third-order valence-electron chi connectivity index (χ3n) is 6.15. The molecular formula is C22H33N3O5. The van der Waals surface area contributed by atoms with Gasteiger partial charge in [0.2, 0.25) is 5.88 Å². The molecule has 8 nitrogen and oxygen atoms in total. The summed E-state index contributed by atoms with van der Waals surface area (Å²) in [7, 11) is 1.71. The van der Waals surface area contributed by atoms with Gasteiger partial charge in [0.05, 0.1) is 12.7 Å². The summed E-state index contributed by atoms with van der Waals surface area (Å²) in [5.41, 5.74) is 0.0350. The molecule has 166 valence electrons. The maximum atomic E-state index is 13.0. The Morgan fingerprint density at radius 3 is 2.40 bits per heavy atom. The number of nitrogens with one attached hydrogen (secondary N) is 1. The van der Waals surface area contributed by atoms with Gasteiger partial charge in [0.15, 0.2) is 0 Å². The van der Waals surface area contributed by atoms with E-state index in [1.54, 1.807) is 20.1 Å². The first-order chi connectivity index (χ1) is 14.5. The second-order valence-corrected chi connectivity index (χ2v) is 7.92. The van der Waals surface area contributed by atoms with Crippen molar-refractivity contribution in [1.82, 2.24) is 10.3 Å². The largest absolute Gasteiger partial charge is 0.473 e. The Labute approximate surface area is 178 Å². The highest BCUT2D eigenvalue weighted by Gasteiger charge is 2.39. The smallest absolute Gasteiger partial charge is 0.331 e. The lowest BCUT2D eigenvalue weighted by Gasteiger charge is -2.40. The molecule has 1 aliphatic carbocycles. The number of amides is 1. The van der Waals surface area contributed by atoms with Gasteiger partial charge in [0.25, 0.3) is 5.91 Å². The van der Waals surface area contributed by atoms with Gasteiger partial charge in [-0.25, -0.2) is 9.78 Å². The van der Waals surface area contributed by atoms with E-state index in [1.165, 1.54) is 0 Å². The van der Waals surface area contributed by atoms with Crippen molar-refractivity contribution in [1.29, 1.82) is 0 Å². The lowest BCUT2D eigenvalue weighted by atomic mass is 9.92. The van der Waals surface area contributed by atoms with Crippen LogP contribution in [0.5, 0.6) is 5.88 Å². The second kappa shape index (κ2) is 9.64. The number of carbonyl (C=O) groups is 2. The molecule has 30 heavy (non-hydrogen) atoms. The number of esters is 1. The molecule has 0 radical (unpaired) electrons. The van der Waals surface area contributed by atoms with E-state index in [9.17, 15) is 9.59 Å². The van der Waals surface area contributed by atoms with Crippen LogP contribution in [0.1, 0.15) is 63.4 Å². The van der Waals surface area contributed by atoms with Crippen LogP contribution in [0.2, 0.25) is 0 Å². The lowest BCUT2D eigenvalue weighted by molar-refractivity contribution is -0.151. The molecule has 0 spiro atoms. The average molecular weight is 420 g/mol. The van der Waals surface area contributed by atoms with Crippen molar-refractivity contribution in [2.24, 2.45) is 0 Å². The minimum Gasteiger partial charge on any atom is -0.473 e. The van der Waals surface area contributed by atoms with E-state index in [1.807, 2.05) is 19.9 Å². The van der Waals surface area contributed by atoms with Gasteiger partial charge in [0.1, 0.15) is 23.0 Å². The fourth-order valence-corrected chi connectivity index (χ4v) is 3.63. The number of methoxy groups -OCH3 is 1. The van der Waals surface area contributed by atoms with Crippen molar-refractivity contribution in [3.63, 3.8) is 0 Å². The van der Waals surface area contributed by atoms with Crippen molar-refractivity contribution in [2.45, 2.75) is 70.6 Å². The van der Waals surface area contributed by atoms with Gasteiger partial charge in [-0.15, -0.1) is 0 Å². The predicted octanol–water partition coefficient (Wildman–Crippen LogP) is 2.70. The number of hydrogen-bond donors (Lipinski definition) is 1. The van der Waals surface area contributed by atoms with E-state index >= 15 is 0 Å². The van der Waals surface area contributed by atoms with Gasteiger partial charge < -0.3 is 24.4 Å². The van der Waals surface area contributed by atoms with Gasteiger partial charge in [-0.3, -0.25) is 4.79 Å². The Morgan fingerprint density at radius 1 is 1.17 bits per heavy atom. The van der Waals surface area contributed by atoms with Gasteiger partial charge in [-0.1, -0.05) is 13.8 Å². The van der Waals surface area contributed by atoms with Crippen LogP contribution >= 0.6 is 0 Å². The Hall–Kier alpha value is -2.35. The van der Waals surface area contributed by atoms with E-state index in [2.05, 4.69) is 15.2 Å². The number of pyridine rings is 1. The van der Waals surface area contributed by atoms with Crippen LogP contribution in [0.3, 0.4) is 0 Å². The fourth-order valence-electron chi connectivity index (χ4n) is 3.63. The van der Waals surface area contributed by atoms with Crippen molar-refractivity contribution in [3.05, 3.63) is 17.8 Å². The number of anilines is 1. The second-order valence-electron chi connectivity index (χ2n) is 7.92. The van der Waals surface area contributed by atoms with Crippen LogP contribution in [0.25, 0.3) is 0 Å². The molecule has 2 fully saturated rings. The zero-order chi connectivity index (χ0) is 21.7. The molecule has 1 saturated heterocycles. The topological polar surface area (TPSA) is 90.0 Å². The Morgan fingerprint density at radius 2 is 1.87 bits per heavy atom. The summed E-state index contributed by atoms with van der Waals surface area (Å²) in [4.78, 5) is 32.2. The van der Waals surface area contributed by atoms with Crippen molar-refractivity contribution in [3.8, 4) is 5.88 Å². The highest BCUT2D eigenvalue weighted by atomic mass is 16.5. The van der Waals surface area contributed by atoms with E-state index in [0.717, 1.165) is 38.0 Å². The summed E-state index contributed by atoms with van der Waals surface area (Å²) in [6.45, 7) is 7.27. The van der Waals surface area contributed by atoms with E-state index in [-0.39, 0.29) is 24.5 Å². The highest BCUT2D eigenvalue weighted by molar-refractivity contribution is 5.97. The molecule has 1 amide bonds. The van der Waals surface area contributed by atoms with Crippen molar-refractivity contribution < 1.29 is 23.8 Å². The maximum Gasteiger partial charge on any atom is 0.331 e. The summed E-state index contributed by atoms with van der Waals surface area (Å²) in [5.74, 6) is -0.358. The van der Waals surface area contributed by atoms with Crippen LogP contribution in [0.4, 0.5) is 5.69 Å². The first-order valence-electron chi connectivity index (χ1n) is 10.9. The zero-order valence-corrected chi connectivity index (χ0v) is 18.4. The minimum atomic E-state index is -1.06. The molecule has 1 N–H and O–H groups in total. The van der Waals surface area contributed by atoms with Crippen LogP contribution in [0, 0.1) is 0 Å². The van der Waals surface area contributed by atoms with E-state index in [0.29, 0.717) is 18.7 Å². The number of ether oxygens (including phenoxy) is 3. The standard InChI is InChI=1S/C22H33N3O5/c1-5-22(6-2,21(27)29-7-3)24-19(26)17-11-12-18(25-13-16(14-25)28-4)20(23-17)30-15-9-8-10-15/h11-12,15-16H,5-10,13-14H2,1-4H3,(H,24,26).